The zero-order chi connectivity index (χ0) is 9.84. The van der Waals surface area contributed by atoms with Crippen LogP contribution in [0, 0.1) is 0 Å². The minimum atomic E-state index is 0.0877. The summed E-state index contributed by atoms with van der Waals surface area (Å²) in [5.41, 5.74) is 2.02. The van der Waals surface area contributed by atoms with E-state index in [1.807, 2.05) is 0 Å². The van der Waals surface area contributed by atoms with Gasteiger partial charge in [0.25, 0.3) is 0 Å². The quantitative estimate of drug-likeness (QED) is 0.583. The van der Waals surface area contributed by atoms with Crippen molar-refractivity contribution in [1.29, 1.82) is 0 Å². The Morgan fingerprint density at radius 1 is 1.67 bits per heavy atom. The number of para-hydroxylation sites is 1. The summed E-state index contributed by atoms with van der Waals surface area (Å²) >= 11 is 0. The molecule has 2 heteroatoms. The molecule has 2 nitrogen and oxygen atoms in total. The SMILES string of the molecule is [1H]N([1H])c1ccccc1CN([2H])[2H]. The summed E-state index contributed by atoms with van der Waals surface area (Å²) in [4.78, 5) is 0. The number of hydrogen-bond acceptors (Lipinski definition) is 2. The molecule has 0 aliphatic rings. The van der Waals surface area contributed by atoms with Crippen molar-refractivity contribution in [2.45, 2.75) is 6.54 Å². The Hall–Kier alpha value is -1.02. The molecule has 0 saturated carbocycles. The highest BCUT2D eigenvalue weighted by Crippen LogP contribution is 2.07. The van der Waals surface area contributed by atoms with Gasteiger partial charge in [0.2, 0.25) is 0 Å². The van der Waals surface area contributed by atoms with Crippen LogP contribution in [-0.4, -0.2) is 0 Å². The molecule has 48 valence electrons. The Kier molecular flexibility index (Phi) is 0.754. The summed E-state index contributed by atoms with van der Waals surface area (Å²) in [7, 11) is 0. The molecule has 4 N–H and O–H groups in total. The van der Waals surface area contributed by atoms with E-state index in [2.05, 4.69) is 0 Å². The van der Waals surface area contributed by atoms with Gasteiger partial charge in [-0.2, -0.15) is 0 Å². The topological polar surface area (TPSA) is 52.0 Å². The van der Waals surface area contributed by atoms with Gasteiger partial charge in [0.15, 0.2) is 2.82 Å². The number of hydrogen-bond donors (Lipinski definition) is 2. The minimum absolute atomic E-state index is 0.0877. The molecule has 1 aromatic rings. The third kappa shape index (κ3) is 1.21. The maximum atomic E-state index is 7.06. The number of rotatable bonds is 3. The molecule has 0 aliphatic carbocycles. The maximum Gasteiger partial charge on any atom is 0.156 e. The van der Waals surface area contributed by atoms with Crippen molar-refractivity contribution in [3.63, 3.8) is 0 Å². The highest BCUT2D eigenvalue weighted by molar-refractivity contribution is 5.45. The molecule has 0 fully saturated rings. The first-order valence-electron chi connectivity index (χ1n) is 4.51. The lowest BCUT2D eigenvalue weighted by molar-refractivity contribution is 1.08. The first-order valence-corrected chi connectivity index (χ1v) is 2.72. The van der Waals surface area contributed by atoms with Crippen LogP contribution in [-0.2, 0) is 6.54 Å². The molecule has 0 bridgehead atoms. The smallest absolute Gasteiger partial charge is 0.156 e. The van der Waals surface area contributed by atoms with E-state index < -0.39 is 0 Å². The molecule has 1 rings (SSSR count). The molecule has 1 aromatic carbocycles. The molecule has 0 heterocycles. The fraction of sp³-hybridized carbons (Fsp3) is 0.143. The Morgan fingerprint density at radius 2 is 2.56 bits per heavy atom. The maximum absolute atomic E-state index is 7.06. The minimum Gasteiger partial charge on any atom is -0.398 e. The van der Waals surface area contributed by atoms with Crippen LogP contribution in [0.25, 0.3) is 0 Å². The Balaban J connectivity index is 2.91. The van der Waals surface area contributed by atoms with Crippen molar-refractivity contribution in [2.24, 2.45) is 5.72 Å². The van der Waals surface area contributed by atoms with Gasteiger partial charge in [-0.15, -0.1) is 0 Å². The standard InChI is InChI=1S/C7H10N2/c8-5-6-3-1-2-4-7(6)9/h1-4H,5,8-9H2/i/hD2H2. The van der Waals surface area contributed by atoms with Gasteiger partial charge in [-0.05, 0) is 11.6 Å². The second kappa shape index (κ2) is 2.51. The van der Waals surface area contributed by atoms with E-state index in [-0.39, 0.29) is 6.54 Å². The number of anilines is 1. The lowest BCUT2D eigenvalue weighted by atomic mass is 10.2. The average Bonchev–Trinajstić information content (AvgIpc) is 2.03. The van der Waals surface area contributed by atoms with Crippen LogP contribution in [0.4, 0.5) is 5.69 Å². The number of nitrogen functional groups attached to an aromatic ring is 1. The van der Waals surface area contributed by atoms with E-state index in [0.717, 1.165) is 0 Å². The lowest BCUT2D eigenvalue weighted by Crippen LogP contribution is -2.00. The number of benzene rings is 1. The molecule has 0 aliphatic heterocycles. The van der Waals surface area contributed by atoms with Gasteiger partial charge in [-0.25, -0.2) is 0 Å². The molecule has 0 atom stereocenters. The molecule has 9 heavy (non-hydrogen) atoms. The van der Waals surface area contributed by atoms with Gasteiger partial charge < -0.3 is 11.4 Å². The highest BCUT2D eigenvalue weighted by Gasteiger charge is 1.90. The van der Waals surface area contributed by atoms with Crippen molar-refractivity contribution >= 4 is 5.69 Å². The van der Waals surface area contributed by atoms with Crippen LogP contribution < -0.4 is 11.4 Å². The molecular formula is C7H10N2. The average molecular weight is 124 g/mol. The normalized spacial score (nSPS) is 15.7. The Morgan fingerprint density at radius 3 is 3.33 bits per heavy atom. The van der Waals surface area contributed by atoms with Gasteiger partial charge in [0.05, 0.1) is 0 Å². The van der Waals surface area contributed by atoms with Gasteiger partial charge >= 0.3 is 0 Å². The second-order valence-electron chi connectivity index (χ2n) is 1.79. The van der Waals surface area contributed by atoms with E-state index in [1.54, 1.807) is 24.3 Å². The van der Waals surface area contributed by atoms with Crippen LogP contribution in [0.15, 0.2) is 24.3 Å². The number of nitrogens with two attached hydrogens (primary N) is 2. The first-order chi connectivity index (χ1) is 6.11. The fourth-order valence-electron chi connectivity index (χ4n) is 0.645. The Labute approximate surface area is 60.3 Å². The molecule has 0 saturated heterocycles. The third-order valence-corrected chi connectivity index (χ3v) is 1.16. The molecule has 0 radical (unpaired) electrons. The predicted octanol–water partition coefficient (Wildman–Crippen LogP) is 0.728. The van der Waals surface area contributed by atoms with Crippen molar-refractivity contribution < 1.29 is 5.65 Å². The Bertz CT molecular complexity index is 277. The summed E-state index contributed by atoms with van der Waals surface area (Å²) < 4.78 is 27.9. The van der Waals surface area contributed by atoms with Crippen LogP contribution in [0.3, 0.4) is 0 Å². The summed E-state index contributed by atoms with van der Waals surface area (Å²) in [6.45, 7) is 0.0877. The molecule has 0 aromatic heterocycles. The van der Waals surface area contributed by atoms with Crippen LogP contribution in [0.2, 0.25) is 5.65 Å². The van der Waals surface area contributed by atoms with Gasteiger partial charge in [0, 0.05) is 12.2 Å². The fourth-order valence-corrected chi connectivity index (χ4v) is 0.645. The largest absolute Gasteiger partial charge is 0.398 e. The van der Waals surface area contributed by atoms with E-state index in [0.29, 0.717) is 22.7 Å². The van der Waals surface area contributed by atoms with Crippen molar-refractivity contribution in [2.75, 3.05) is 5.72 Å². The third-order valence-electron chi connectivity index (χ3n) is 1.16. The van der Waals surface area contributed by atoms with Crippen LogP contribution in [0.5, 0.6) is 0 Å². The predicted molar refractivity (Wildman–Crippen MR) is 38.7 cm³/mol. The summed E-state index contributed by atoms with van der Waals surface area (Å²) in [5, 5.41) is 0. The molecule has 0 unspecified atom stereocenters. The van der Waals surface area contributed by atoms with Crippen molar-refractivity contribution in [3.8, 4) is 0 Å². The zero-order valence-corrected chi connectivity index (χ0v) is 4.91. The summed E-state index contributed by atoms with van der Waals surface area (Å²) in [6, 6.07) is 6.78. The van der Waals surface area contributed by atoms with Gasteiger partial charge in [-0.1, -0.05) is 18.2 Å². The summed E-state index contributed by atoms with van der Waals surface area (Å²) in [6.07, 6.45) is 0. The molecular weight excluding hydrogens is 112 g/mol. The lowest BCUT2D eigenvalue weighted by Gasteiger charge is -1.98. The van der Waals surface area contributed by atoms with Crippen molar-refractivity contribution in [1.82, 2.24) is 0 Å². The van der Waals surface area contributed by atoms with E-state index in [9.17, 15) is 0 Å². The highest BCUT2D eigenvalue weighted by atomic mass is 14.6. The summed E-state index contributed by atoms with van der Waals surface area (Å²) in [5.74, 6) is 0. The van der Waals surface area contributed by atoms with Gasteiger partial charge in [-0.3, -0.25) is 0 Å². The zero-order valence-electron chi connectivity index (χ0n) is 8.91. The van der Waals surface area contributed by atoms with Crippen LogP contribution >= 0.6 is 0 Å². The van der Waals surface area contributed by atoms with Crippen LogP contribution in [0.1, 0.15) is 5.56 Å². The second-order valence-corrected chi connectivity index (χ2v) is 1.79. The monoisotopic (exact) mass is 124 g/mol. The van der Waals surface area contributed by atoms with E-state index in [4.69, 9.17) is 5.65 Å². The van der Waals surface area contributed by atoms with E-state index >= 15 is 0 Å². The van der Waals surface area contributed by atoms with E-state index in [1.165, 1.54) is 0 Å². The molecule has 0 amide bonds. The van der Waals surface area contributed by atoms with Gasteiger partial charge in [0.1, 0.15) is 2.82 Å². The first kappa shape index (κ1) is 2.71. The molecule has 0 spiro atoms. The van der Waals surface area contributed by atoms with Crippen molar-refractivity contribution in [3.05, 3.63) is 29.8 Å².